The Kier molecular flexibility index (Phi) is 8.77. The minimum atomic E-state index is 0.142. The lowest BCUT2D eigenvalue weighted by atomic mass is 10.1. The summed E-state index contributed by atoms with van der Waals surface area (Å²) in [6.45, 7) is 5.18. The van der Waals surface area contributed by atoms with Crippen LogP contribution in [0.25, 0.3) is 0 Å². The van der Waals surface area contributed by atoms with Gasteiger partial charge in [-0.25, -0.2) is 0 Å². The second-order valence-electron chi connectivity index (χ2n) is 8.01. The van der Waals surface area contributed by atoms with Gasteiger partial charge in [0.15, 0.2) is 0 Å². The van der Waals surface area contributed by atoms with E-state index in [1.165, 1.54) is 5.56 Å². The molecule has 2 aromatic rings. The van der Waals surface area contributed by atoms with Crippen LogP contribution in [0, 0.1) is 6.92 Å². The van der Waals surface area contributed by atoms with E-state index in [-0.39, 0.29) is 11.8 Å². The molecule has 166 valence electrons. The van der Waals surface area contributed by atoms with Crippen molar-refractivity contribution >= 4 is 23.4 Å². The Hall–Kier alpha value is -2.53. The molecule has 0 spiro atoms. The van der Waals surface area contributed by atoms with Gasteiger partial charge in [0.25, 0.3) is 0 Å². The van der Waals surface area contributed by atoms with Crippen molar-refractivity contribution in [2.45, 2.75) is 39.0 Å². The highest BCUT2D eigenvalue weighted by molar-refractivity contribution is 6.30. The maximum absolute atomic E-state index is 12.6. The van der Waals surface area contributed by atoms with Crippen LogP contribution in [-0.4, -0.2) is 54.4 Å². The van der Waals surface area contributed by atoms with Crippen LogP contribution in [0.5, 0.6) is 5.75 Å². The molecular formula is C25H31ClN2O3. The van der Waals surface area contributed by atoms with Gasteiger partial charge in [-0.3, -0.25) is 9.59 Å². The molecule has 0 aromatic heterocycles. The third-order valence-corrected chi connectivity index (χ3v) is 5.82. The van der Waals surface area contributed by atoms with Gasteiger partial charge < -0.3 is 14.5 Å². The second kappa shape index (κ2) is 11.8. The average molecular weight is 443 g/mol. The summed E-state index contributed by atoms with van der Waals surface area (Å²) in [6.07, 6.45) is 3.16. The highest BCUT2D eigenvalue weighted by Crippen LogP contribution is 2.14. The first kappa shape index (κ1) is 23.1. The summed E-state index contributed by atoms with van der Waals surface area (Å²) in [5.41, 5.74) is 2.30. The minimum absolute atomic E-state index is 0.142. The van der Waals surface area contributed by atoms with Crippen molar-refractivity contribution in [3.8, 4) is 5.75 Å². The van der Waals surface area contributed by atoms with Gasteiger partial charge in [0.2, 0.25) is 11.8 Å². The van der Waals surface area contributed by atoms with Crippen molar-refractivity contribution in [3.05, 3.63) is 64.7 Å². The predicted octanol–water partition coefficient (Wildman–Crippen LogP) is 4.50. The normalized spacial score (nSPS) is 14.3. The van der Waals surface area contributed by atoms with Gasteiger partial charge in [0.1, 0.15) is 5.75 Å². The molecule has 3 rings (SSSR count). The lowest BCUT2D eigenvalue weighted by molar-refractivity contribution is -0.133. The molecule has 0 radical (unpaired) electrons. The maximum atomic E-state index is 12.6. The number of benzene rings is 2. The van der Waals surface area contributed by atoms with E-state index in [9.17, 15) is 9.59 Å². The Morgan fingerprint density at radius 2 is 1.48 bits per heavy atom. The summed E-state index contributed by atoms with van der Waals surface area (Å²) in [4.78, 5) is 29.0. The molecule has 1 heterocycles. The summed E-state index contributed by atoms with van der Waals surface area (Å²) >= 11 is 5.91. The highest BCUT2D eigenvalue weighted by atomic mass is 35.5. The average Bonchev–Trinajstić information content (AvgIpc) is 3.04. The number of ether oxygens (including phenoxy) is 1. The largest absolute Gasteiger partial charge is 0.494 e. The standard InChI is InChI=1S/C25H31ClN2O3/c1-20-5-12-23(13-6-20)31-19-2-4-24(29)27-15-3-16-28(18-17-27)25(30)14-9-21-7-10-22(26)11-8-21/h5-8,10-13H,2-4,9,14-19H2,1H3. The molecule has 1 aliphatic rings. The molecule has 0 atom stereocenters. The Balaban J connectivity index is 1.36. The zero-order valence-corrected chi connectivity index (χ0v) is 18.9. The highest BCUT2D eigenvalue weighted by Gasteiger charge is 2.21. The second-order valence-corrected chi connectivity index (χ2v) is 8.44. The molecule has 1 fully saturated rings. The van der Waals surface area contributed by atoms with Crippen molar-refractivity contribution < 1.29 is 14.3 Å². The number of nitrogens with zero attached hydrogens (tertiary/aromatic N) is 2. The first-order valence-corrected chi connectivity index (χ1v) is 11.4. The number of hydrogen-bond acceptors (Lipinski definition) is 3. The monoisotopic (exact) mass is 442 g/mol. The van der Waals surface area contributed by atoms with Gasteiger partial charge in [0, 0.05) is 44.0 Å². The van der Waals surface area contributed by atoms with Crippen LogP contribution in [0.15, 0.2) is 48.5 Å². The van der Waals surface area contributed by atoms with E-state index in [0.29, 0.717) is 63.5 Å². The van der Waals surface area contributed by atoms with Crippen LogP contribution in [0.1, 0.15) is 36.8 Å². The van der Waals surface area contributed by atoms with Crippen LogP contribution in [0.2, 0.25) is 5.02 Å². The Morgan fingerprint density at radius 3 is 2.13 bits per heavy atom. The predicted molar refractivity (Wildman–Crippen MR) is 123 cm³/mol. The summed E-state index contributed by atoms with van der Waals surface area (Å²) in [6, 6.07) is 15.5. The number of rotatable bonds is 8. The van der Waals surface area contributed by atoms with Gasteiger partial charge >= 0.3 is 0 Å². The zero-order valence-electron chi connectivity index (χ0n) is 18.2. The lowest BCUT2D eigenvalue weighted by Gasteiger charge is -2.22. The molecular weight excluding hydrogens is 412 g/mol. The first-order chi connectivity index (χ1) is 15.0. The van der Waals surface area contributed by atoms with Crippen molar-refractivity contribution in [3.63, 3.8) is 0 Å². The van der Waals surface area contributed by atoms with Gasteiger partial charge in [-0.1, -0.05) is 41.4 Å². The number of carbonyl (C=O) groups excluding carboxylic acids is 2. The third kappa shape index (κ3) is 7.59. The zero-order chi connectivity index (χ0) is 22.1. The van der Waals surface area contributed by atoms with E-state index in [0.717, 1.165) is 17.7 Å². The van der Waals surface area contributed by atoms with E-state index in [1.807, 2.05) is 65.3 Å². The summed E-state index contributed by atoms with van der Waals surface area (Å²) in [5.74, 6) is 1.12. The first-order valence-electron chi connectivity index (χ1n) is 11.0. The van der Waals surface area contributed by atoms with Gasteiger partial charge in [0.05, 0.1) is 6.61 Å². The molecule has 0 bridgehead atoms. The molecule has 2 amide bonds. The molecule has 2 aromatic carbocycles. The lowest BCUT2D eigenvalue weighted by Crippen LogP contribution is -2.37. The summed E-state index contributed by atoms with van der Waals surface area (Å²) in [7, 11) is 0. The van der Waals surface area contributed by atoms with Crippen molar-refractivity contribution in [2.75, 3.05) is 32.8 Å². The summed E-state index contributed by atoms with van der Waals surface area (Å²) in [5, 5.41) is 0.703. The molecule has 31 heavy (non-hydrogen) atoms. The molecule has 0 aliphatic carbocycles. The Bertz CT molecular complexity index is 852. The number of aryl methyl sites for hydroxylation is 2. The van der Waals surface area contributed by atoms with Crippen LogP contribution >= 0.6 is 11.6 Å². The quantitative estimate of drug-likeness (QED) is 0.565. The number of halogens is 1. The fourth-order valence-electron chi connectivity index (χ4n) is 3.68. The third-order valence-electron chi connectivity index (χ3n) is 5.57. The van der Waals surface area contributed by atoms with Crippen molar-refractivity contribution in [1.82, 2.24) is 9.80 Å². The van der Waals surface area contributed by atoms with Gasteiger partial charge in [-0.2, -0.15) is 0 Å². The van der Waals surface area contributed by atoms with E-state index >= 15 is 0 Å². The fraction of sp³-hybridized carbons (Fsp3) is 0.440. The van der Waals surface area contributed by atoms with E-state index in [4.69, 9.17) is 16.3 Å². The van der Waals surface area contributed by atoms with Crippen molar-refractivity contribution in [1.29, 1.82) is 0 Å². The van der Waals surface area contributed by atoms with E-state index in [2.05, 4.69) is 0 Å². The molecule has 0 N–H and O–H groups in total. The Labute approximate surface area is 189 Å². The van der Waals surface area contributed by atoms with Gasteiger partial charge in [-0.15, -0.1) is 0 Å². The molecule has 0 unspecified atom stereocenters. The fourth-order valence-corrected chi connectivity index (χ4v) is 3.81. The van der Waals surface area contributed by atoms with Crippen LogP contribution in [-0.2, 0) is 16.0 Å². The number of amides is 2. The smallest absolute Gasteiger partial charge is 0.222 e. The molecule has 5 nitrogen and oxygen atoms in total. The number of hydrogen-bond donors (Lipinski definition) is 0. The van der Waals surface area contributed by atoms with Crippen LogP contribution in [0.4, 0.5) is 0 Å². The molecule has 0 saturated carbocycles. The molecule has 1 aliphatic heterocycles. The van der Waals surface area contributed by atoms with Gasteiger partial charge in [-0.05, 0) is 56.0 Å². The van der Waals surface area contributed by atoms with Crippen molar-refractivity contribution in [2.24, 2.45) is 0 Å². The van der Waals surface area contributed by atoms with E-state index in [1.54, 1.807) is 0 Å². The van der Waals surface area contributed by atoms with Crippen LogP contribution in [0.3, 0.4) is 0 Å². The topological polar surface area (TPSA) is 49.9 Å². The minimum Gasteiger partial charge on any atom is -0.494 e. The number of carbonyl (C=O) groups is 2. The van der Waals surface area contributed by atoms with E-state index < -0.39 is 0 Å². The molecule has 6 heteroatoms. The molecule has 1 saturated heterocycles. The maximum Gasteiger partial charge on any atom is 0.222 e. The summed E-state index contributed by atoms with van der Waals surface area (Å²) < 4.78 is 5.71. The Morgan fingerprint density at radius 1 is 0.871 bits per heavy atom. The van der Waals surface area contributed by atoms with Crippen LogP contribution < -0.4 is 4.74 Å². The SMILES string of the molecule is Cc1ccc(OCCCC(=O)N2CCCN(C(=O)CCc3ccc(Cl)cc3)CC2)cc1.